The van der Waals surface area contributed by atoms with E-state index in [9.17, 15) is 14.7 Å². The van der Waals surface area contributed by atoms with Crippen LogP contribution in [0, 0.1) is 0 Å². The highest BCUT2D eigenvalue weighted by Gasteiger charge is 2.28. The Morgan fingerprint density at radius 3 is 2.75 bits per heavy atom. The molecule has 0 unspecified atom stereocenters. The fourth-order valence-electron chi connectivity index (χ4n) is 1.45. The number of hydrogen-bond donors (Lipinski definition) is 3. The molecule has 0 bridgehead atoms. The summed E-state index contributed by atoms with van der Waals surface area (Å²) in [6.45, 7) is 1.28. The second-order valence-electron chi connectivity index (χ2n) is 4.27. The van der Waals surface area contributed by atoms with E-state index in [1.165, 1.54) is 25.5 Å². The minimum atomic E-state index is -1.41. The van der Waals surface area contributed by atoms with E-state index >= 15 is 0 Å². The number of nitrogens with zero attached hydrogens (tertiary/aromatic N) is 1. The Kier molecular flexibility index (Phi) is 3.85. The van der Waals surface area contributed by atoms with Crippen LogP contribution in [-0.2, 0) is 15.2 Å². The summed E-state index contributed by atoms with van der Waals surface area (Å²) in [5.74, 6) is -1.40. The molecule has 8 nitrogen and oxygen atoms in total. The maximum atomic E-state index is 11.6. The van der Waals surface area contributed by atoms with Gasteiger partial charge >= 0.3 is 11.8 Å². The molecule has 3 N–H and O–H groups in total. The highest BCUT2D eigenvalue weighted by atomic mass is 16.5. The molecule has 0 aliphatic rings. The Bertz CT molecular complexity index is 574. The molecule has 0 saturated heterocycles. The average Bonchev–Trinajstić information content (AvgIpc) is 3.08. The van der Waals surface area contributed by atoms with Crippen molar-refractivity contribution in [3.63, 3.8) is 0 Å². The summed E-state index contributed by atoms with van der Waals surface area (Å²) >= 11 is 0. The number of anilines is 1. The lowest BCUT2D eigenvalue weighted by Gasteiger charge is -2.20. The predicted molar refractivity (Wildman–Crippen MR) is 66.4 cm³/mol. The zero-order valence-electron chi connectivity index (χ0n) is 10.6. The zero-order chi connectivity index (χ0) is 14.6. The maximum Gasteiger partial charge on any atom is 0.314 e. The normalized spacial score (nSPS) is 13.5. The lowest BCUT2D eigenvalue weighted by molar-refractivity contribution is -0.136. The molecule has 2 heterocycles. The number of amides is 2. The van der Waals surface area contributed by atoms with Gasteiger partial charge in [0.15, 0.2) is 5.82 Å². The third-order valence-corrected chi connectivity index (χ3v) is 2.53. The quantitative estimate of drug-likeness (QED) is 0.689. The van der Waals surface area contributed by atoms with Gasteiger partial charge in [-0.2, -0.15) is 0 Å². The highest BCUT2D eigenvalue weighted by molar-refractivity contribution is 6.39. The first-order valence-electron chi connectivity index (χ1n) is 5.75. The van der Waals surface area contributed by atoms with Crippen molar-refractivity contribution >= 4 is 17.6 Å². The zero-order valence-corrected chi connectivity index (χ0v) is 10.6. The summed E-state index contributed by atoms with van der Waals surface area (Å²) in [5.41, 5.74) is -1.41. The van der Waals surface area contributed by atoms with Crippen LogP contribution in [0.4, 0.5) is 5.82 Å². The molecule has 0 radical (unpaired) electrons. The van der Waals surface area contributed by atoms with E-state index in [0.29, 0.717) is 0 Å². The standard InChI is InChI=1S/C12H13N3O5/c1-12(18,8-3-2-5-19-8)7-13-10(16)11(17)14-9-4-6-20-15-9/h2-6,18H,7H2,1H3,(H,13,16)(H,14,15,17)/t12-/m1/s1. The number of aromatic nitrogens is 1. The Hall–Kier alpha value is -2.61. The number of carbonyl (C=O) groups excluding carboxylic acids is 2. The first-order chi connectivity index (χ1) is 9.49. The molecular weight excluding hydrogens is 266 g/mol. The lowest BCUT2D eigenvalue weighted by Crippen LogP contribution is -2.43. The fourth-order valence-corrected chi connectivity index (χ4v) is 1.45. The maximum absolute atomic E-state index is 11.6. The second-order valence-corrected chi connectivity index (χ2v) is 4.27. The molecule has 0 aliphatic carbocycles. The Morgan fingerprint density at radius 2 is 2.15 bits per heavy atom. The van der Waals surface area contributed by atoms with Gasteiger partial charge in [-0.3, -0.25) is 14.9 Å². The Balaban J connectivity index is 1.87. The van der Waals surface area contributed by atoms with Crippen LogP contribution in [0.25, 0.3) is 0 Å². The van der Waals surface area contributed by atoms with Gasteiger partial charge < -0.3 is 19.4 Å². The van der Waals surface area contributed by atoms with Gasteiger partial charge in [-0.15, -0.1) is 0 Å². The topological polar surface area (TPSA) is 118 Å². The molecule has 0 spiro atoms. The van der Waals surface area contributed by atoms with Crippen LogP contribution in [0.5, 0.6) is 0 Å². The third kappa shape index (κ3) is 3.23. The number of furan rings is 1. The SMILES string of the molecule is C[C@@](O)(CNC(=O)C(=O)Nc1ccon1)c1ccco1. The summed E-state index contributed by atoms with van der Waals surface area (Å²) in [4.78, 5) is 23.1. The van der Waals surface area contributed by atoms with Crippen molar-refractivity contribution in [3.05, 3.63) is 36.5 Å². The van der Waals surface area contributed by atoms with Crippen LogP contribution >= 0.6 is 0 Å². The monoisotopic (exact) mass is 279 g/mol. The summed E-state index contributed by atoms with van der Waals surface area (Å²) in [6, 6.07) is 4.58. The van der Waals surface area contributed by atoms with Crippen molar-refractivity contribution in [1.29, 1.82) is 0 Å². The summed E-state index contributed by atoms with van der Waals surface area (Å²) in [6.07, 6.45) is 2.66. The molecule has 2 aromatic rings. The number of aliphatic hydroxyl groups is 1. The van der Waals surface area contributed by atoms with Crippen LogP contribution in [0.3, 0.4) is 0 Å². The van der Waals surface area contributed by atoms with Crippen molar-refractivity contribution < 1.29 is 23.6 Å². The van der Waals surface area contributed by atoms with Crippen LogP contribution in [-0.4, -0.2) is 28.6 Å². The smallest absolute Gasteiger partial charge is 0.314 e. The second kappa shape index (κ2) is 5.57. The van der Waals surface area contributed by atoms with Gasteiger partial charge in [-0.05, 0) is 19.1 Å². The van der Waals surface area contributed by atoms with Crippen molar-refractivity contribution in [2.24, 2.45) is 0 Å². The number of hydrogen-bond acceptors (Lipinski definition) is 6. The molecule has 0 fully saturated rings. The van der Waals surface area contributed by atoms with Gasteiger partial charge in [-0.1, -0.05) is 5.16 Å². The molecule has 2 amide bonds. The molecule has 20 heavy (non-hydrogen) atoms. The number of carbonyl (C=O) groups is 2. The first-order valence-corrected chi connectivity index (χ1v) is 5.75. The van der Waals surface area contributed by atoms with E-state index in [1.807, 2.05) is 0 Å². The predicted octanol–water partition coefficient (Wildman–Crippen LogP) is 0.230. The van der Waals surface area contributed by atoms with Crippen molar-refractivity contribution in [2.45, 2.75) is 12.5 Å². The first kappa shape index (κ1) is 13.8. The van der Waals surface area contributed by atoms with Gasteiger partial charge in [0.2, 0.25) is 0 Å². The summed E-state index contributed by atoms with van der Waals surface area (Å²) in [7, 11) is 0. The van der Waals surface area contributed by atoms with Gasteiger partial charge in [0, 0.05) is 6.07 Å². The third-order valence-electron chi connectivity index (χ3n) is 2.53. The van der Waals surface area contributed by atoms with E-state index < -0.39 is 17.4 Å². The highest BCUT2D eigenvalue weighted by Crippen LogP contribution is 2.19. The average molecular weight is 279 g/mol. The molecule has 0 aromatic carbocycles. The van der Waals surface area contributed by atoms with E-state index in [0.717, 1.165) is 0 Å². The van der Waals surface area contributed by atoms with Gasteiger partial charge in [-0.25, -0.2) is 0 Å². The Morgan fingerprint density at radius 1 is 1.35 bits per heavy atom. The number of nitrogens with one attached hydrogen (secondary N) is 2. The fraction of sp³-hybridized carbons (Fsp3) is 0.250. The minimum Gasteiger partial charge on any atom is -0.466 e. The van der Waals surface area contributed by atoms with Crippen molar-refractivity contribution in [2.75, 3.05) is 11.9 Å². The molecule has 8 heteroatoms. The molecule has 0 saturated carbocycles. The van der Waals surface area contributed by atoms with E-state index in [-0.39, 0.29) is 18.1 Å². The largest absolute Gasteiger partial charge is 0.466 e. The van der Waals surface area contributed by atoms with Crippen LogP contribution < -0.4 is 10.6 Å². The molecule has 2 aromatic heterocycles. The molecule has 106 valence electrons. The molecule has 2 rings (SSSR count). The summed E-state index contributed by atoms with van der Waals surface area (Å²) in [5, 5.41) is 18.1. The van der Waals surface area contributed by atoms with E-state index in [1.54, 1.807) is 12.1 Å². The van der Waals surface area contributed by atoms with Crippen LogP contribution in [0.2, 0.25) is 0 Å². The van der Waals surface area contributed by atoms with Crippen LogP contribution in [0.1, 0.15) is 12.7 Å². The van der Waals surface area contributed by atoms with E-state index in [2.05, 4.69) is 20.3 Å². The summed E-state index contributed by atoms with van der Waals surface area (Å²) < 4.78 is 9.56. The van der Waals surface area contributed by atoms with Gasteiger partial charge in [0.05, 0.1) is 12.8 Å². The molecule has 1 atom stereocenters. The van der Waals surface area contributed by atoms with Crippen LogP contribution in [0.15, 0.2) is 39.7 Å². The van der Waals surface area contributed by atoms with Gasteiger partial charge in [0.1, 0.15) is 17.6 Å². The number of rotatable bonds is 4. The van der Waals surface area contributed by atoms with Crippen molar-refractivity contribution in [1.82, 2.24) is 10.5 Å². The lowest BCUT2D eigenvalue weighted by atomic mass is 10.0. The molecular formula is C12H13N3O5. The van der Waals surface area contributed by atoms with Crippen molar-refractivity contribution in [3.8, 4) is 0 Å². The van der Waals surface area contributed by atoms with Gasteiger partial charge in [0.25, 0.3) is 0 Å². The Labute approximate surface area is 113 Å². The van der Waals surface area contributed by atoms with E-state index in [4.69, 9.17) is 4.42 Å². The minimum absolute atomic E-state index is 0.128. The molecule has 0 aliphatic heterocycles.